The van der Waals surface area contributed by atoms with Gasteiger partial charge in [0.05, 0.1) is 12.0 Å². The van der Waals surface area contributed by atoms with Crippen LogP contribution < -0.4 is 0 Å². The third kappa shape index (κ3) is 3.02. The van der Waals surface area contributed by atoms with Crippen LogP contribution in [0.3, 0.4) is 0 Å². The Labute approximate surface area is 80.2 Å². The van der Waals surface area contributed by atoms with Gasteiger partial charge in [-0.2, -0.15) is 4.98 Å². The first-order valence-electron chi connectivity index (χ1n) is 4.03. The Morgan fingerprint density at radius 1 is 1.69 bits per heavy atom. The van der Waals surface area contributed by atoms with Gasteiger partial charge in [-0.3, -0.25) is 5.11 Å². The molecule has 1 heterocycles. The fourth-order valence-corrected chi connectivity index (χ4v) is 1.29. The van der Waals surface area contributed by atoms with Crippen LogP contribution in [0.25, 0.3) is 0 Å². The molecule has 0 aliphatic rings. The summed E-state index contributed by atoms with van der Waals surface area (Å²) < 4.78 is 4.85. The summed E-state index contributed by atoms with van der Waals surface area (Å²) in [5.74, 6) is -0.881. The highest BCUT2D eigenvalue weighted by atomic mass is 32.1. The van der Waals surface area contributed by atoms with E-state index in [9.17, 15) is 9.90 Å². The van der Waals surface area contributed by atoms with E-state index in [0.29, 0.717) is 6.61 Å². The lowest BCUT2D eigenvalue weighted by Crippen LogP contribution is -2.05. The lowest BCUT2D eigenvalue weighted by Gasteiger charge is -1.99. The van der Waals surface area contributed by atoms with Crippen molar-refractivity contribution < 1.29 is 14.6 Å². The lowest BCUT2D eigenvalue weighted by atomic mass is 10.4. The molecule has 0 fully saturated rings. The van der Waals surface area contributed by atoms with Gasteiger partial charge in [-0.05, 0) is 6.42 Å². The van der Waals surface area contributed by atoms with E-state index in [1.54, 1.807) is 0 Å². The average molecular weight is 200 g/mol. The first-order chi connectivity index (χ1) is 6.24. The molecular formula is C8H10NO3S. The Kier molecular flexibility index (Phi) is 3.70. The molecule has 4 nitrogen and oxygen atoms in total. The van der Waals surface area contributed by atoms with Crippen LogP contribution in [0.15, 0.2) is 5.38 Å². The third-order valence-electron chi connectivity index (χ3n) is 1.39. The Bertz CT molecular complexity index is 285. The molecule has 0 spiro atoms. The fraction of sp³-hybridized carbons (Fsp3) is 0.500. The summed E-state index contributed by atoms with van der Waals surface area (Å²) in [5, 5.41) is 12.0. The van der Waals surface area contributed by atoms with Gasteiger partial charge < -0.3 is 4.74 Å². The number of nitrogens with zero attached hydrogens (tertiary/aromatic N) is 1. The second kappa shape index (κ2) is 4.81. The molecule has 0 N–H and O–H groups in total. The van der Waals surface area contributed by atoms with Crippen LogP contribution in [0.2, 0.25) is 0 Å². The monoisotopic (exact) mass is 200 g/mol. The van der Waals surface area contributed by atoms with Crippen LogP contribution in [0.1, 0.15) is 29.6 Å². The summed E-state index contributed by atoms with van der Waals surface area (Å²) in [4.78, 5) is 14.6. The Balaban J connectivity index is 2.40. The van der Waals surface area contributed by atoms with Crippen molar-refractivity contribution in [1.82, 2.24) is 4.98 Å². The fourth-order valence-electron chi connectivity index (χ4n) is 0.724. The van der Waals surface area contributed by atoms with E-state index in [0.717, 1.165) is 24.2 Å². The molecule has 1 rings (SSSR count). The van der Waals surface area contributed by atoms with Gasteiger partial charge in [0, 0.05) is 0 Å². The summed E-state index contributed by atoms with van der Waals surface area (Å²) >= 11 is 1.02. The van der Waals surface area contributed by atoms with Gasteiger partial charge in [0.25, 0.3) is 5.88 Å². The molecule has 1 radical (unpaired) electrons. The largest absolute Gasteiger partial charge is 0.460 e. The predicted molar refractivity (Wildman–Crippen MR) is 47.4 cm³/mol. The zero-order valence-corrected chi connectivity index (χ0v) is 8.10. The maximum atomic E-state index is 11.1. The van der Waals surface area contributed by atoms with Gasteiger partial charge in [-0.1, -0.05) is 13.3 Å². The Morgan fingerprint density at radius 3 is 3.00 bits per heavy atom. The van der Waals surface area contributed by atoms with Crippen molar-refractivity contribution in [3.8, 4) is 5.88 Å². The summed E-state index contributed by atoms with van der Waals surface area (Å²) in [6.07, 6.45) is 1.80. The van der Waals surface area contributed by atoms with E-state index in [4.69, 9.17) is 4.74 Å². The van der Waals surface area contributed by atoms with E-state index >= 15 is 0 Å². The summed E-state index contributed by atoms with van der Waals surface area (Å²) in [5.41, 5.74) is 0. The van der Waals surface area contributed by atoms with Crippen molar-refractivity contribution in [1.29, 1.82) is 0 Å². The number of aromatic nitrogens is 1. The van der Waals surface area contributed by atoms with E-state index < -0.39 is 5.97 Å². The topological polar surface area (TPSA) is 59.1 Å². The first kappa shape index (κ1) is 9.98. The summed E-state index contributed by atoms with van der Waals surface area (Å²) in [7, 11) is 0. The molecule has 0 aromatic carbocycles. The van der Waals surface area contributed by atoms with E-state index in [1.807, 2.05) is 6.92 Å². The Morgan fingerprint density at radius 2 is 2.46 bits per heavy atom. The second-order valence-corrected chi connectivity index (χ2v) is 3.34. The van der Waals surface area contributed by atoms with Crippen molar-refractivity contribution >= 4 is 17.3 Å². The van der Waals surface area contributed by atoms with E-state index in [2.05, 4.69) is 4.98 Å². The number of ether oxygens (including phenoxy) is 1. The lowest BCUT2D eigenvalue weighted by molar-refractivity contribution is 0.0498. The molecule has 0 saturated heterocycles. The van der Waals surface area contributed by atoms with Crippen molar-refractivity contribution in [3.05, 3.63) is 10.4 Å². The molecule has 1 aromatic rings. The molecule has 0 amide bonds. The van der Waals surface area contributed by atoms with E-state index in [1.165, 1.54) is 5.38 Å². The molecule has 1 aromatic heterocycles. The minimum atomic E-state index is -0.499. The molecule has 71 valence electrons. The molecule has 0 unspecified atom stereocenters. The molecule has 0 bridgehead atoms. The second-order valence-electron chi connectivity index (χ2n) is 2.48. The number of carbonyl (C=O) groups is 1. The minimum Gasteiger partial charge on any atom is -0.460 e. The SMILES string of the molecule is CCCCOC(=O)c1nc([O])cs1. The highest BCUT2D eigenvalue weighted by Crippen LogP contribution is 2.15. The van der Waals surface area contributed by atoms with E-state index in [-0.39, 0.29) is 10.9 Å². The van der Waals surface area contributed by atoms with Crippen molar-refractivity contribution in [2.45, 2.75) is 19.8 Å². The highest BCUT2D eigenvalue weighted by molar-refractivity contribution is 7.11. The zero-order chi connectivity index (χ0) is 9.68. The van der Waals surface area contributed by atoms with Crippen LogP contribution >= 0.6 is 11.3 Å². The molecule has 13 heavy (non-hydrogen) atoms. The number of rotatable bonds is 4. The number of esters is 1. The Hall–Kier alpha value is -1.10. The normalized spacial score (nSPS) is 9.92. The molecule has 5 heteroatoms. The maximum Gasteiger partial charge on any atom is 0.367 e. The van der Waals surface area contributed by atoms with Crippen molar-refractivity contribution in [2.24, 2.45) is 0 Å². The van der Waals surface area contributed by atoms with Gasteiger partial charge in [-0.15, -0.1) is 11.3 Å². The molecule has 0 atom stereocenters. The molecular weight excluding hydrogens is 190 g/mol. The van der Waals surface area contributed by atoms with Crippen LogP contribution in [0.4, 0.5) is 0 Å². The van der Waals surface area contributed by atoms with Crippen LogP contribution in [0.5, 0.6) is 5.88 Å². The predicted octanol–water partition coefficient (Wildman–Crippen LogP) is 2.24. The summed E-state index contributed by atoms with van der Waals surface area (Å²) in [6.45, 7) is 2.40. The minimum absolute atomic E-state index is 0.140. The smallest absolute Gasteiger partial charge is 0.367 e. The van der Waals surface area contributed by atoms with Gasteiger partial charge >= 0.3 is 5.97 Å². The molecule has 0 saturated carbocycles. The van der Waals surface area contributed by atoms with Crippen LogP contribution in [-0.2, 0) is 9.84 Å². The first-order valence-corrected chi connectivity index (χ1v) is 4.91. The molecule has 0 aliphatic carbocycles. The number of hydrogen-bond donors (Lipinski definition) is 0. The maximum absolute atomic E-state index is 11.1. The van der Waals surface area contributed by atoms with Gasteiger partial charge in [-0.25, -0.2) is 4.79 Å². The number of carbonyl (C=O) groups excluding carboxylic acids is 1. The number of unbranched alkanes of at least 4 members (excludes halogenated alkanes) is 1. The number of hydrogen-bond acceptors (Lipinski definition) is 4. The van der Waals surface area contributed by atoms with Gasteiger partial charge in [0.1, 0.15) is 0 Å². The van der Waals surface area contributed by atoms with Gasteiger partial charge in [0.15, 0.2) is 0 Å². The zero-order valence-electron chi connectivity index (χ0n) is 7.28. The molecule has 0 aliphatic heterocycles. The van der Waals surface area contributed by atoms with Crippen LogP contribution in [-0.4, -0.2) is 17.6 Å². The van der Waals surface area contributed by atoms with Crippen molar-refractivity contribution in [2.75, 3.05) is 6.61 Å². The van der Waals surface area contributed by atoms with Gasteiger partial charge in [0.2, 0.25) is 5.01 Å². The van der Waals surface area contributed by atoms with Crippen molar-refractivity contribution in [3.63, 3.8) is 0 Å². The van der Waals surface area contributed by atoms with Crippen LogP contribution in [0, 0.1) is 0 Å². The number of thiazole rings is 1. The average Bonchev–Trinajstić information content (AvgIpc) is 2.52. The summed E-state index contributed by atoms with van der Waals surface area (Å²) in [6, 6.07) is 0. The quantitative estimate of drug-likeness (QED) is 0.553. The third-order valence-corrected chi connectivity index (χ3v) is 2.19. The highest BCUT2D eigenvalue weighted by Gasteiger charge is 2.12. The standard InChI is InChI=1S/C8H10NO3S/c1-2-3-4-12-8(11)7-9-6(10)5-13-7/h5H,2-4H2,1H3.